The Kier molecular flexibility index (Phi) is 4.81. The molecule has 1 aromatic rings. The van der Waals surface area contributed by atoms with E-state index in [-0.39, 0.29) is 11.3 Å². The van der Waals surface area contributed by atoms with Crippen molar-refractivity contribution in [1.29, 1.82) is 0 Å². The summed E-state index contributed by atoms with van der Waals surface area (Å²) < 4.78 is 5.46. The highest BCUT2D eigenvalue weighted by Crippen LogP contribution is 2.41. The van der Waals surface area contributed by atoms with Crippen molar-refractivity contribution in [2.24, 2.45) is 5.41 Å². The third-order valence-corrected chi connectivity index (χ3v) is 5.95. The summed E-state index contributed by atoms with van der Waals surface area (Å²) in [6.45, 7) is 5.42. The molecule has 1 aromatic heterocycles. The second kappa shape index (κ2) is 7.22. The van der Waals surface area contributed by atoms with Gasteiger partial charge < -0.3 is 9.64 Å². The Morgan fingerprint density at radius 3 is 2.56 bits per heavy atom. The highest BCUT2D eigenvalue weighted by atomic mass is 16.5. The molecule has 3 aliphatic rings. The molecular weight excluding hydrogens is 316 g/mol. The van der Waals surface area contributed by atoms with Crippen molar-refractivity contribution >= 4 is 5.91 Å². The summed E-state index contributed by atoms with van der Waals surface area (Å²) >= 11 is 0. The predicted octanol–water partition coefficient (Wildman–Crippen LogP) is 1.75. The van der Waals surface area contributed by atoms with Crippen LogP contribution < -0.4 is 0 Å². The largest absolute Gasteiger partial charge is 0.379 e. The number of carbonyl (C=O) groups excluding carboxylic acids is 1. The first kappa shape index (κ1) is 16.7. The average Bonchev–Trinajstić information content (AvgIpc) is 2.70. The summed E-state index contributed by atoms with van der Waals surface area (Å²) in [5.41, 5.74) is 0.729. The Morgan fingerprint density at radius 2 is 1.92 bits per heavy atom. The lowest BCUT2D eigenvalue weighted by molar-refractivity contribution is 0.0177. The lowest BCUT2D eigenvalue weighted by atomic mass is 9.71. The highest BCUT2D eigenvalue weighted by Gasteiger charge is 2.37. The molecule has 0 radical (unpaired) electrons. The van der Waals surface area contributed by atoms with Gasteiger partial charge in [-0.3, -0.25) is 14.7 Å². The molecule has 1 aliphatic carbocycles. The van der Waals surface area contributed by atoms with Crippen LogP contribution >= 0.6 is 0 Å². The molecule has 6 nitrogen and oxygen atoms in total. The molecule has 1 atom stereocenters. The van der Waals surface area contributed by atoms with E-state index in [9.17, 15) is 4.79 Å². The van der Waals surface area contributed by atoms with Crippen LogP contribution in [0.4, 0.5) is 0 Å². The minimum absolute atomic E-state index is 0.00827. The molecule has 1 amide bonds. The van der Waals surface area contributed by atoms with Gasteiger partial charge in [-0.05, 0) is 31.1 Å². The molecular formula is C19H26N4O2. The van der Waals surface area contributed by atoms with Crippen LogP contribution in [-0.4, -0.2) is 71.1 Å². The smallest absolute Gasteiger partial charge is 0.274 e. The fourth-order valence-corrected chi connectivity index (χ4v) is 4.29. The zero-order valence-corrected chi connectivity index (χ0v) is 14.6. The maximum Gasteiger partial charge on any atom is 0.274 e. The van der Waals surface area contributed by atoms with Crippen LogP contribution in [0.3, 0.4) is 0 Å². The lowest BCUT2D eigenvalue weighted by Crippen LogP contribution is -2.47. The average molecular weight is 342 g/mol. The molecule has 3 heterocycles. The number of hydrogen-bond donors (Lipinski definition) is 0. The van der Waals surface area contributed by atoms with Crippen molar-refractivity contribution in [2.45, 2.75) is 31.7 Å². The van der Waals surface area contributed by atoms with Crippen LogP contribution in [-0.2, 0) is 4.74 Å². The minimum atomic E-state index is 0.00827. The number of hydrogen-bond acceptors (Lipinski definition) is 5. The summed E-state index contributed by atoms with van der Waals surface area (Å²) in [5, 5.41) is 0. The third kappa shape index (κ3) is 3.60. The Bertz CT molecular complexity index is 620. The van der Waals surface area contributed by atoms with Crippen LogP contribution in [0, 0.1) is 5.41 Å². The molecule has 0 aromatic carbocycles. The second-order valence-corrected chi connectivity index (χ2v) is 7.36. The van der Waals surface area contributed by atoms with Gasteiger partial charge in [0.05, 0.1) is 19.4 Å². The molecule has 6 heteroatoms. The summed E-state index contributed by atoms with van der Waals surface area (Å²) in [4.78, 5) is 25.1. The van der Waals surface area contributed by atoms with Crippen molar-refractivity contribution in [3.05, 3.63) is 36.4 Å². The van der Waals surface area contributed by atoms with Gasteiger partial charge >= 0.3 is 0 Å². The number of morpholine rings is 1. The number of nitrogens with zero attached hydrogens (tertiary/aromatic N) is 4. The molecule has 2 saturated heterocycles. The van der Waals surface area contributed by atoms with Gasteiger partial charge in [-0.1, -0.05) is 12.2 Å². The number of piperidine rings is 1. The minimum Gasteiger partial charge on any atom is -0.379 e. The predicted molar refractivity (Wildman–Crippen MR) is 94.2 cm³/mol. The van der Waals surface area contributed by atoms with E-state index in [0.717, 1.165) is 52.2 Å². The van der Waals surface area contributed by atoms with Gasteiger partial charge in [0.2, 0.25) is 0 Å². The summed E-state index contributed by atoms with van der Waals surface area (Å²) in [6, 6.07) is 0.564. The zero-order valence-electron chi connectivity index (χ0n) is 14.6. The number of ether oxygens (including phenoxy) is 1. The Balaban J connectivity index is 1.35. The van der Waals surface area contributed by atoms with E-state index in [2.05, 4.69) is 27.0 Å². The van der Waals surface area contributed by atoms with E-state index >= 15 is 0 Å². The van der Waals surface area contributed by atoms with Crippen molar-refractivity contribution in [3.8, 4) is 0 Å². The topological polar surface area (TPSA) is 58.6 Å². The summed E-state index contributed by atoms with van der Waals surface area (Å²) in [7, 11) is 0. The molecule has 1 unspecified atom stereocenters. The number of aromatic nitrogens is 2. The molecule has 0 bridgehead atoms. The van der Waals surface area contributed by atoms with Crippen LogP contribution in [0.15, 0.2) is 30.7 Å². The van der Waals surface area contributed by atoms with Crippen molar-refractivity contribution in [2.75, 3.05) is 39.4 Å². The molecule has 134 valence electrons. The summed E-state index contributed by atoms with van der Waals surface area (Å²) in [6.07, 6.45) is 14.1. The van der Waals surface area contributed by atoms with E-state index in [1.165, 1.54) is 12.8 Å². The van der Waals surface area contributed by atoms with Crippen molar-refractivity contribution in [3.63, 3.8) is 0 Å². The van der Waals surface area contributed by atoms with Crippen LogP contribution in [0.25, 0.3) is 0 Å². The van der Waals surface area contributed by atoms with Gasteiger partial charge in [-0.25, -0.2) is 4.98 Å². The summed E-state index contributed by atoms with van der Waals surface area (Å²) in [5.74, 6) is 0.00827. The van der Waals surface area contributed by atoms with Gasteiger partial charge in [0.15, 0.2) is 0 Å². The van der Waals surface area contributed by atoms with E-state index in [1.807, 2.05) is 4.90 Å². The zero-order chi connectivity index (χ0) is 17.1. The van der Waals surface area contributed by atoms with Crippen LogP contribution in [0.2, 0.25) is 0 Å². The second-order valence-electron chi connectivity index (χ2n) is 7.36. The van der Waals surface area contributed by atoms with Gasteiger partial charge in [-0.2, -0.15) is 0 Å². The number of carbonyl (C=O) groups is 1. The highest BCUT2D eigenvalue weighted by molar-refractivity contribution is 5.92. The third-order valence-electron chi connectivity index (χ3n) is 5.95. The fraction of sp³-hybridized carbons (Fsp3) is 0.632. The fourth-order valence-electron chi connectivity index (χ4n) is 4.29. The van der Waals surface area contributed by atoms with Gasteiger partial charge in [-0.15, -0.1) is 0 Å². The van der Waals surface area contributed by atoms with Crippen molar-refractivity contribution in [1.82, 2.24) is 19.8 Å². The van der Waals surface area contributed by atoms with E-state index in [4.69, 9.17) is 4.74 Å². The molecule has 25 heavy (non-hydrogen) atoms. The SMILES string of the molecule is O=C(c1cnccn1)N1CCC2(C=CC(N3CCOCC3)CC2)CC1. The number of amides is 1. The maximum atomic E-state index is 12.5. The normalized spacial score (nSPS) is 26.7. The van der Waals surface area contributed by atoms with Gasteiger partial charge in [0, 0.05) is 44.6 Å². The molecule has 2 aliphatic heterocycles. The molecule has 0 N–H and O–H groups in total. The van der Waals surface area contributed by atoms with Gasteiger partial charge in [0.1, 0.15) is 5.69 Å². The standard InChI is InChI=1S/C19H26N4O2/c24-18(17-15-20-7-8-21-17)23-9-5-19(6-10-23)3-1-16(2-4-19)22-11-13-25-14-12-22/h1,3,7-8,15-16H,2,4-6,9-14H2. The van der Waals surface area contributed by atoms with Crippen LogP contribution in [0.5, 0.6) is 0 Å². The Labute approximate surface area is 148 Å². The number of rotatable bonds is 2. The Morgan fingerprint density at radius 1 is 1.12 bits per heavy atom. The van der Waals surface area contributed by atoms with Crippen LogP contribution in [0.1, 0.15) is 36.2 Å². The van der Waals surface area contributed by atoms with Crippen molar-refractivity contribution < 1.29 is 9.53 Å². The first-order chi connectivity index (χ1) is 12.3. The maximum absolute atomic E-state index is 12.5. The van der Waals surface area contributed by atoms with E-state index in [0.29, 0.717) is 11.7 Å². The Hall–Kier alpha value is -1.79. The van der Waals surface area contributed by atoms with E-state index in [1.54, 1.807) is 18.6 Å². The first-order valence-electron chi connectivity index (χ1n) is 9.32. The molecule has 1 spiro atoms. The van der Waals surface area contributed by atoms with Gasteiger partial charge in [0.25, 0.3) is 5.91 Å². The molecule has 4 rings (SSSR count). The molecule has 2 fully saturated rings. The molecule has 0 saturated carbocycles. The number of allylic oxidation sites excluding steroid dienone is 1. The van der Waals surface area contributed by atoms with E-state index < -0.39 is 0 Å². The number of likely N-dealkylation sites (tertiary alicyclic amines) is 1. The monoisotopic (exact) mass is 342 g/mol. The lowest BCUT2D eigenvalue weighted by Gasteiger charge is -2.44. The first-order valence-corrected chi connectivity index (χ1v) is 9.32. The quantitative estimate of drug-likeness (QED) is 0.767.